The first-order valence-corrected chi connectivity index (χ1v) is 3.89. The summed E-state index contributed by atoms with van der Waals surface area (Å²) in [6.07, 6.45) is 1.28. The Balaban J connectivity index is 2.59. The first-order chi connectivity index (χ1) is 5.64. The molecule has 0 aromatic carbocycles. The molecule has 66 valence electrons. The van der Waals surface area contributed by atoms with Gasteiger partial charge in [-0.15, -0.1) is 0 Å². The van der Waals surface area contributed by atoms with Gasteiger partial charge in [-0.3, -0.25) is 9.63 Å². The van der Waals surface area contributed by atoms with Crippen LogP contribution in [0.2, 0.25) is 0 Å². The van der Waals surface area contributed by atoms with Crippen molar-refractivity contribution in [1.29, 1.82) is 5.26 Å². The van der Waals surface area contributed by atoms with Crippen LogP contribution in [0, 0.1) is 22.7 Å². The van der Waals surface area contributed by atoms with Crippen molar-refractivity contribution in [2.45, 2.75) is 19.8 Å². The minimum atomic E-state index is -0.824. The molecule has 1 saturated carbocycles. The van der Waals surface area contributed by atoms with Crippen LogP contribution >= 0.6 is 0 Å². The number of carbonyl (C=O) groups is 1. The second kappa shape index (κ2) is 3.11. The van der Waals surface area contributed by atoms with Crippen LogP contribution < -0.4 is 5.48 Å². The molecule has 0 spiro atoms. The number of hydrogen-bond acceptors (Lipinski definition) is 3. The van der Waals surface area contributed by atoms with Crippen LogP contribution in [0.15, 0.2) is 0 Å². The van der Waals surface area contributed by atoms with Gasteiger partial charge in [0.2, 0.25) is 0 Å². The molecule has 1 amide bonds. The number of nitrogens with zero attached hydrogens (tertiary/aromatic N) is 1. The molecule has 4 heteroatoms. The van der Waals surface area contributed by atoms with Gasteiger partial charge in [-0.2, -0.15) is 5.26 Å². The zero-order chi connectivity index (χ0) is 9.19. The molecule has 0 heterocycles. The lowest BCUT2D eigenvalue weighted by Crippen LogP contribution is -2.47. The molecule has 12 heavy (non-hydrogen) atoms. The van der Waals surface area contributed by atoms with Crippen molar-refractivity contribution >= 4 is 5.91 Å². The van der Waals surface area contributed by atoms with Crippen LogP contribution in [0.25, 0.3) is 0 Å². The summed E-state index contributed by atoms with van der Waals surface area (Å²) in [6, 6.07) is 2.04. The lowest BCUT2D eigenvalue weighted by atomic mass is 9.63. The summed E-state index contributed by atoms with van der Waals surface area (Å²) < 4.78 is 0. The van der Waals surface area contributed by atoms with E-state index in [-0.39, 0.29) is 5.91 Å². The summed E-state index contributed by atoms with van der Waals surface area (Å²) in [5.74, 6) is 0.151. The highest BCUT2D eigenvalue weighted by atomic mass is 16.6. The van der Waals surface area contributed by atoms with Gasteiger partial charge in [0.05, 0.1) is 13.2 Å². The fourth-order valence-electron chi connectivity index (χ4n) is 1.65. The molecule has 0 saturated heterocycles. The maximum absolute atomic E-state index is 11.3. The van der Waals surface area contributed by atoms with Crippen molar-refractivity contribution < 1.29 is 9.63 Å². The quantitative estimate of drug-likeness (QED) is 0.614. The zero-order valence-electron chi connectivity index (χ0n) is 7.26. The molecule has 1 N–H and O–H groups in total. The highest BCUT2D eigenvalue weighted by Crippen LogP contribution is 2.44. The maximum Gasteiger partial charge on any atom is 0.263 e. The third kappa shape index (κ3) is 1.28. The molecule has 1 aliphatic carbocycles. The Bertz CT molecular complexity index is 226. The Morgan fingerprint density at radius 1 is 1.75 bits per heavy atom. The number of carbonyl (C=O) groups excluding carboxylic acids is 1. The largest absolute Gasteiger partial charge is 0.277 e. The third-order valence-corrected chi connectivity index (χ3v) is 2.24. The Hall–Kier alpha value is -1.08. The van der Waals surface area contributed by atoms with Gasteiger partial charge in [-0.25, -0.2) is 5.48 Å². The van der Waals surface area contributed by atoms with E-state index in [1.807, 2.05) is 13.0 Å². The van der Waals surface area contributed by atoms with Crippen LogP contribution in [0.4, 0.5) is 0 Å². The van der Waals surface area contributed by atoms with Crippen molar-refractivity contribution in [1.82, 2.24) is 5.48 Å². The van der Waals surface area contributed by atoms with E-state index in [4.69, 9.17) is 5.26 Å². The number of nitrogens with one attached hydrogen (secondary N) is 1. The summed E-state index contributed by atoms with van der Waals surface area (Å²) >= 11 is 0. The molecule has 0 radical (unpaired) electrons. The standard InChI is InChI=1S/C8H12N2O2/c1-6-3-8(4-6,5-9)7(11)10-12-2/h6H,3-4H2,1-2H3,(H,10,11). The lowest BCUT2D eigenvalue weighted by Gasteiger charge is -2.38. The first-order valence-electron chi connectivity index (χ1n) is 3.89. The molecule has 1 aliphatic rings. The molecule has 1 rings (SSSR count). The molecule has 1 fully saturated rings. The van der Waals surface area contributed by atoms with E-state index in [0.717, 1.165) is 0 Å². The van der Waals surface area contributed by atoms with Gasteiger partial charge < -0.3 is 0 Å². The average Bonchev–Trinajstić information content (AvgIpc) is 1.98. The fourth-order valence-corrected chi connectivity index (χ4v) is 1.65. The molecule has 4 nitrogen and oxygen atoms in total. The predicted molar refractivity (Wildman–Crippen MR) is 41.6 cm³/mol. The van der Waals surface area contributed by atoms with E-state index in [1.165, 1.54) is 7.11 Å². The van der Waals surface area contributed by atoms with Gasteiger partial charge in [0.25, 0.3) is 5.91 Å². The first kappa shape index (κ1) is 9.01. The van der Waals surface area contributed by atoms with Gasteiger partial charge in [0.15, 0.2) is 0 Å². The van der Waals surface area contributed by atoms with E-state index in [0.29, 0.717) is 18.8 Å². The minimum Gasteiger partial charge on any atom is -0.277 e. The smallest absolute Gasteiger partial charge is 0.263 e. The molecule has 0 bridgehead atoms. The molecule has 0 aromatic rings. The van der Waals surface area contributed by atoms with Gasteiger partial charge in [0, 0.05) is 0 Å². The van der Waals surface area contributed by atoms with E-state index >= 15 is 0 Å². The van der Waals surface area contributed by atoms with Gasteiger partial charge >= 0.3 is 0 Å². The Morgan fingerprint density at radius 2 is 2.33 bits per heavy atom. The van der Waals surface area contributed by atoms with Gasteiger partial charge in [0.1, 0.15) is 5.41 Å². The molecular formula is C8H12N2O2. The van der Waals surface area contributed by atoms with Crippen LogP contribution in [0.1, 0.15) is 19.8 Å². The van der Waals surface area contributed by atoms with E-state index in [9.17, 15) is 4.79 Å². The van der Waals surface area contributed by atoms with Gasteiger partial charge in [-0.1, -0.05) is 6.92 Å². The Morgan fingerprint density at radius 3 is 2.67 bits per heavy atom. The van der Waals surface area contributed by atoms with Crippen LogP contribution in [-0.4, -0.2) is 13.0 Å². The minimum absolute atomic E-state index is 0.314. The molecular weight excluding hydrogens is 156 g/mol. The van der Waals surface area contributed by atoms with Crippen molar-refractivity contribution in [2.24, 2.45) is 11.3 Å². The summed E-state index contributed by atoms with van der Waals surface area (Å²) in [4.78, 5) is 15.7. The van der Waals surface area contributed by atoms with Crippen molar-refractivity contribution in [2.75, 3.05) is 7.11 Å². The molecule has 0 aliphatic heterocycles. The SMILES string of the molecule is CONC(=O)C1(C#N)CC(C)C1. The number of nitriles is 1. The second-order valence-corrected chi connectivity index (χ2v) is 3.34. The van der Waals surface area contributed by atoms with Crippen LogP contribution in [0.3, 0.4) is 0 Å². The number of hydroxylamine groups is 1. The van der Waals surface area contributed by atoms with Crippen LogP contribution in [0.5, 0.6) is 0 Å². The van der Waals surface area contributed by atoms with Crippen molar-refractivity contribution in [3.05, 3.63) is 0 Å². The highest BCUT2D eigenvalue weighted by molar-refractivity contribution is 5.85. The third-order valence-electron chi connectivity index (χ3n) is 2.24. The molecule has 0 atom stereocenters. The summed E-state index contributed by atoms with van der Waals surface area (Å²) in [5.41, 5.74) is 1.37. The van der Waals surface area contributed by atoms with E-state index in [2.05, 4.69) is 10.3 Å². The topological polar surface area (TPSA) is 62.1 Å². The Labute approximate surface area is 71.5 Å². The van der Waals surface area contributed by atoms with Crippen LogP contribution in [-0.2, 0) is 9.63 Å². The average molecular weight is 168 g/mol. The summed E-state index contributed by atoms with van der Waals surface area (Å²) in [6.45, 7) is 2.02. The van der Waals surface area contributed by atoms with Crippen molar-refractivity contribution in [3.63, 3.8) is 0 Å². The second-order valence-electron chi connectivity index (χ2n) is 3.34. The predicted octanol–water partition coefficient (Wildman–Crippen LogP) is 0.604. The van der Waals surface area contributed by atoms with Crippen molar-refractivity contribution in [3.8, 4) is 6.07 Å². The van der Waals surface area contributed by atoms with Gasteiger partial charge in [-0.05, 0) is 18.8 Å². The van der Waals surface area contributed by atoms with E-state index < -0.39 is 5.41 Å². The molecule has 0 unspecified atom stereocenters. The maximum atomic E-state index is 11.3. The normalized spacial score (nSPS) is 33.2. The zero-order valence-corrected chi connectivity index (χ0v) is 7.26. The summed E-state index contributed by atoms with van der Waals surface area (Å²) in [5, 5.41) is 8.78. The monoisotopic (exact) mass is 168 g/mol. The Kier molecular flexibility index (Phi) is 2.34. The lowest BCUT2D eigenvalue weighted by molar-refractivity contribution is -0.145. The van der Waals surface area contributed by atoms with E-state index in [1.54, 1.807) is 0 Å². The fraction of sp³-hybridized carbons (Fsp3) is 0.750. The number of hydrogen-bond donors (Lipinski definition) is 1. The highest BCUT2D eigenvalue weighted by Gasteiger charge is 2.49. The number of amides is 1. The number of rotatable bonds is 2. The molecule has 0 aromatic heterocycles. The summed E-state index contributed by atoms with van der Waals surface area (Å²) in [7, 11) is 1.37.